The van der Waals surface area contributed by atoms with Crippen LogP contribution in [0.2, 0.25) is 0 Å². The van der Waals surface area contributed by atoms with Crippen LogP contribution in [0, 0.1) is 0 Å². The van der Waals surface area contributed by atoms with E-state index >= 15 is 0 Å². The minimum atomic E-state index is -1.03. The Morgan fingerprint density at radius 1 is 1.47 bits per heavy atom. The number of hydrogen-bond acceptors (Lipinski definition) is 3. The molecule has 4 nitrogen and oxygen atoms in total. The molecule has 0 spiro atoms. The molecule has 6 heteroatoms. The number of rotatable bonds is 5. The fourth-order valence-electron chi connectivity index (χ4n) is 1.22. The summed E-state index contributed by atoms with van der Waals surface area (Å²) in [6, 6.07) is 6.02. The number of hydrogen-bond donors (Lipinski definition) is 2. The number of carboxylic acids is 1. The average molecular weight is 318 g/mol. The lowest BCUT2D eigenvalue weighted by Gasteiger charge is -2.13. The van der Waals surface area contributed by atoms with Gasteiger partial charge in [0.1, 0.15) is 6.04 Å². The molecule has 0 radical (unpaired) electrons. The highest BCUT2D eigenvalue weighted by Crippen LogP contribution is 2.15. The Morgan fingerprint density at radius 2 is 2.12 bits per heavy atom. The van der Waals surface area contributed by atoms with E-state index < -0.39 is 12.0 Å². The van der Waals surface area contributed by atoms with Crippen molar-refractivity contribution >= 4 is 39.6 Å². The van der Waals surface area contributed by atoms with E-state index in [1.54, 1.807) is 30.5 Å². The Morgan fingerprint density at radius 3 is 2.65 bits per heavy atom. The van der Waals surface area contributed by atoms with Crippen LogP contribution in [-0.2, 0) is 4.79 Å². The van der Waals surface area contributed by atoms with Crippen molar-refractivity contribution in [1.82, 2.24) is 5.32 Å². The van der Waals surface area contributed by atoms with Gasteiger partial charge in [0.15, 0.2) is 0 Å². The van der Waals surface area contributed by atoms with Crippen molar-refractivity contribution in [3.8, 4) is 0 Å². The van der Waals surface area contributed by atoms with Crippen molar-refractivity contribution in [2.24, 2.45) is 0 Å². The van der Waals surface area contributed by atoms with E-state index in [1.165, 1.54) is 11.8 Å². The second-order valence-corrected chi connectivity index (χ2v) is 5.06. The molecule has 1 rings (SSSR count). The van der Waals surface area contributed by atoms with Crippen molar-refractivity contribution in [2.75, 3.05) is 12.0 Å². The summed E-state index contributed by atoms with van der Waals surface area (Å²) in [6.07, 6.45) is 1.79. The summed E-state index contributed by atoms with van der Waals surface area (Å²) in [4.78, 5) is 22.7. The third-order valence-electron chi connectivity index (χ3n) is 2.06. The standard InChI is InChI=1S/C11H12BrNO3S/c1-17-6-9(11(15)16)13-10(14)7-4-2-3-5-8(7)12/h2-5,9H,6H2,1H3,(H,13,14)(H,15,16). The number of carbonyl (C=O) groups excluding carboxylic acids is 1. The summed E-state index contributed by atoms with van der Waals surface area (Å²) in [5.74, 6) is -1.08. The van der Waals surface area contributed by atoms with Gasteiger partial charge in [-0.05, 0) is 34.3 Å². The lowest BCUT2D eigenvalue weighted by Crippen LogP contribution is -2.42. The Kier molecular flexibility index (Phi) is 5.50. The lowest BCUT2D eigenvalue weighted by atomic mass is 10.2. The van der Waals surface area contributed by atoms with Crippen molar-refractivity contribution in [1.29, 1.82) is 0 Å². The SMILES string of the molecule is CSCC(NC(=O)c1ccccc1Br)C(=O)O. The van der Waals surface area contributed by atoms with E-state index in [1.807, 2.05) is 0 Å². The molecule has 0 fully saturated rings. The normalized spacial score (nSPS) is 11.9. The van der Waals surface area contributed by atoms with Crippen molar-refractivity contribution in [2.45, 2.75) is 6.04 Å². The molecule has 0 aliphatic heterocycles. The molecule has 1 aromatic rings. The molecule has 1 atom stereocenters. The van der Waals surface area contributed by atoms with Crippen molar-refractivity contribution in [3.63, 3.8) is 0 Å². The molecule has 0 aliphatic rings. The molecular weight excluding hydrogens is 306 g/mol. The first kappa shape index (κ1) is 14.1. The third kappa shape index (κ3) is 4.05. The largest absolute Gasteiger partial charge is 0.480 e. The van der Waals surface area contributed by atoms with Crippen LogP contribution in [0.1, 0.15) is 10.4 Å². The quantitative estimate of drug-likeness (QED) is 0.871. The fraction of sp³-hybridized carbons (Fsp3) is 0.273. The zero-order valence-corrected chi connectivity index (χ0v) is 11.5. The Hall–Kier alpha value is -1.01. The molecule has 1 unspecified atom stereocenters. The molecule has 1 aromatic carbocycles. The number of carbonyl (C=O) groups is 2. The average Bonchev–Trinajstić information content (AvgIpc) is 2.28. The van der Waals surface area contributed by atoms with Gasteiger partial charge in [-0.2, -0.15) is 11.8 Å². The topological polar surface area (TPSA) is 66.4 Å². The minimum absolute atomic E-state index is 0.339. The summed E-state index contributed by atoms with van der Waals surface area (Å²) >= 11 is 4.62. The van der Waals surface area contributed by atoms with Crippen LogP contribution in [0.5, 0.6) is 0 Å². The number of amides is 1. The molecule has 17 heavy (non-hydrogen) atoms. The van der Waals surface area contributed by atoms with E-state index in [-0.39, 0.29) is 5.91 Å². The number of aliphatic carboxylic acids is 1. The van der Waals surface area contributed by atoms with Crippen LogP contribution in [0.25, 0.3) is 0 Å². The Balaban J connectivity index is 2.77. The van der Waals surface area contributed by atoms with E-state index in [0.29, 0.717) is 15.8 Å². The molecule has 2 N–H and O–H groups in total. The number of benzene rings is 1. The van der Waals surface area contributed by atoms with E-state index in [4.69, 9.17) is 5.11 Å². The number of thioether (sulfide) groups is 1. The van der Waals surface area contributed by atoms with E-state index in [0.717, 1.165) is 0 Å². The maximum atomic E-state index is 11.8. The molecular formula is C11H12BrNO3S. The van der Waals surface area contributed by atoms with Crippen molar-refractivity contribution < 1.29 is 14.7 Å². The predicted octanol–water partition coefficient (Wildman–Crippen LogP) is 2.00. The third-order valence-corrected chi connectivity index (χ3v) is 3.41. The summed E-state index contributed by atoms with van der Waals surface area (Å²) in [5.41, 5.74) is 0.430. The van der Waals surface area contributed by atoms with Gasteiger partial charge in [0.2, 0.25) is 0 Å². The molecule has 92 valence electrons. The lowest BCUT2D eigenvalue weighted by molar-refractivity contribution is -0.138. The van der Waals surface area contributed by atoms with E-state index in [9.17, 15) is 9.59 Å². The van der Waals surface area contributed by atoms with Crippen LogP contribution in [0.15, 0.2) is 28.7 Å². The molecule has 0 aliphatic carbocycles. The smallest absolute Gasteiger partial charge is 0.327 e. The molecule has 0 aromatic heterocycles. The number of halogens is 1. The summed E-state index contributed by atoms with van der Waals surface area (Å²) in [7, 11) is 0. The van der Waals surface area contributed by atoms with E-state index in [2.05, 4.69) is 21.2 Å². The second kappa shape index (κ2) is 6.66. The zero-order valence-electron chi connectivity index (χ0n) is 9.14. The van der Waals surface area contributed by atoms with Gasteiger partial charge >= 0.3 is 5.97 Å². The highest BCUT2D eigenvalue weighted by Gasteiger charge is 2.20. The first-order valence-electron chi connectivity index (χ1n) is 4.83. The molecule has 0 saturated carbocycles. The van der Waals surface area contributed by atoms with Gasteiger partial charge in [-0.15, -0.1) is 0 Å². The maximum Gasteiger partial charge on any atom is 0.327 e. The Labute approximate surface area is 112 Å². The zero-order chi connectivity index (χ0) is 12.8. The number of nitrogens with one attached hydrogen (secondary N) is 1. The second-order valence-electron chi connectivity index (χ2n) is 3.30. The number of carboxylic acid groups (broad SMARTS) is 1. The van der Waals surface area contributed by atoms with Crippen LogP contribution in [0.4, 0.5) is 0 Å². The molecule has 0 bridgehead atoms. The highest BCUT2D eigenvalue weighted by molar-refractivity contribution is 9.10. The van der Waals surface area contributed by atoms with Gasteiger partial charge in [0, 0.05) is 10.2 Å². The van der Waals surface area contributed by atoms with Crippen LogP contribution < -0.4 is 5.32 Å². The van der Waals surface area contributed by atoms with Gasteiger partial charge in [0.05, 0.1) is 5.56 Å². The monoisotopic (exact) mass is 317 g/mol. The highest BCUT2D eigenvalue weighted by atomic mass is 79.9. The summed E-state index contributed by atoms with van der Waals surface area (Å²) in [5, 5.41) is 11.4. The van der Waals surface area contributed by atoms with Crippen molar-refractivity contribution in [3.05, 3.63) is 34.3 Å². The summed E-state index contributed by atoms with van der Waals surface area (Å²) in [6.45, 7) is 0. The molecule has 1 amide bonds. The molecule has 0 heterocycles. The first-order chi connectivity index (χ1) is 8.06. The van der Waals surface area contributed by atoms with Gasteiger partial charge in [0.25, 0.3) is 5.91 Å². The van der Waals surface area contributed by atoms with Crippen LogP contribution >= 0.6 is 27.7 Å². The minimum Gasteiger partial charge on any atom is -0.480 e. The molecule has 0 saturated heterocycles. The first-order valence-corrected chi connectivity index (χ1v) is 7.02. The van der Waals surface area contributed by atoms with Gasteiger partial charge in [-0.25, -0.2) is 4.79 Å². The van der Waals surface area contributed by atoms with Gasteiger partial charge in [-0.1, -0.05) is 12.1 Å². The fourth-order valence-corrected chi connectivity index (χ4v) is 2.25. The summed E-state index contributed by atoms with van der Waals surface area (Å²) < 4.78 is 0.644. The predicted molar refractivity (Wildman–Crippen MR) is 71.4 cm³/mol. The van der Waals surface area contributed by atoms with Crippen LogP contribution in [-0.4, -0.2) is 35.0 Å². The van der Waals surface area contributed by atoms with Gasteiger partial charge in [-0.3, -0.25) is 4.79 Å². The maximum absolute atomic E-state index is 11.8. The van der Waals surface area contributed by atoms with Gasteiger partial charge < -0.3 is 10.4 Å². The Bertz CT molecular complexity index is 425. The van der Waals surface area contributed by atoms with Crippen LogP contribution in [0.3, 0.4) is 0 Å².